The summed E-state index contributed by atoms with van der Waals surface area (Å²) >= 11 is 0. The van der Waals surface area contributed by atoms with E-state index in [-0.39, 0.29) is 18.4 Å². The molecule has 2 N–H and O–H groups in total. The lowest BCUT2D eigenvalue weighted by molar-refractivity contribution is -0.140. The van der Waals surface area contributed by atoms with Crippen LogP contribution in [0, 0.1) is 11.7 Å². The average Bonchev–Trinajstić information content (AvgIpc) is 2.99. The summed E-state index contributed by atoms with van der Waals surface area (Å²) in [5, 5.41) is 0. The van der Waals surface area contributed by atoms with Crippen molar-refractivity contribution < 1.29 is 17.6 Å². The SMILES string of the molecule is Cl.N[C@H](CC1CC1)c1ccc(C(F)(F)F)c(F)c1. The van der Waals surface area contributed by atoms with Crippen LogP contribution in [0.1, 0.15) is 36.4 Å². The first-order valence-corrected chi connectivity index (χ1v) is 5.50. The Bertz CT molecular complexity index is 415. The van der Waals surface area contributed by atoms with Crippen LogP contribution in [0.15, 0.2) is 18.2 Å². The van der Waals surface area contributed by atoms with Crippen molar-refractivity contribution in [2.45, 2.75) is 31.5 Å². The van der Waals surface area contributed by atoms with Crippen LogP contribution < -0.4 is 5.73 Å². The zero-order valence-electron chi connectivity index (χ0n) is 9.51. The van der Waals surface area contributed by atoms with Gasteiger partial charge in [-0.1, -0.05) is 18.9 Å². The fourth-order valence-corrected chi connectivity index (χ4v) is 1.84. The topological polar surface area (TPSA) is 26.0 Å². The van der Waals surface area contributed by atoms with Crippen LogP contribution in [0.3, 0.4) is 0 Å². The van der Waals surface area contributed by atoms with Gasteiger partial charge in [-0.3, -0.25) is 0 Å². The molecule has 1 saturated carbocycles. The summed E-state index contributed by atoms with van der Waals surface area (Å²) in [4.78, 5) is 0. The van der Waals surface area contributed by atoms with E-state index in [1.807, 2.05) is 0 Å². The molecule has 1 aliphatic rings. The van der Waals surface area contributed by atoms with Crippen molar-refractivity contribution in [1.82, 2.24) is 0 Å². The van der Waals surface area contributed by atoms with E-state index in [4.69, 9.17) is 5.73 Å². The molecule has 1 fully saturated rings. The molecule has 0 heterocycles. The van der Waals surface area contributed by atoms with E-state index in [0.717, 1.165) is 25.0 Å². The Kier molecular flexibility index (Phi) is 4.61. The molecule has 0 aromatic heterocycles. The Labute approximate surface area is 109 Å². The van der Waals surface area contributed by atoms with Crippen LogP contribution in [-0.4, -0.2) is 0 Å². The van der Waals surface area contributed by atoms with E-state index >= 15 is 0 Å². The van der Waals surface area contributed by atoms with Crippen molar-refractivity contribution in [3.05, 3.63) is 35.1 Å². The molecule has 0 unspecified atom stereocenters. The van der Waals surface area contributed by atoms with Gasteiger partial charge in [-0.15, -0.1) is 12.4 Å². The van der Waals surface area contributed by atoms with Crippen LogP contribution in [-0.2, 0) is 6.18 Å². The fraction of sp³-hybridized carbons (Fsp3) is 0.500. The van der Waals surface area contributed by atoms with Gasteiger partial charge in [-0.25, -0.2) is 4.39 Å². The van der Waals surface area contributed by atoms with Gasteiger partial charge in [-0.05, 0) is 30.0 Å². The first-order chi connectivity index (χ1) is 7.88. The Balaban J connectivity index is 0.00000162. The molecule has 0 aliphatic heterocycles. The van der Waals surface area contributed by atoms with Crippen molar-refractivity contribution in [2.75, 3.05) is 0 Å². The monoisotopic (exact) mass is 283 g/mol. The summed E-state index contributed by atoms with van der Waals surface area (Å²) in [7, 11) is 0. The lowest BCUT2D eigenvalue weighted by atomic mass is 10.0. The Morgan fingerprint density at radius 1 is 1.28 bits per heavy atom. The molecule has 0 bridgehead atoms. The lowest BCUT2D eigenvalue weighted by Crippen LogP contribution is -2.13. The lowest BCUT2D eigenvalue weighted by Gasteiger charge is -2.14. The minimum absolute atomic E-state index is 0. The van der Waals surface area contributed by atoms with Gasteiger partial charge in [-0.2, -0.15) is 13.2 Å². The van der Waals surface area contributed by atoms with Gasteiger partial charge in [0.05, 0.1) is 5.56 Å². The van der Waals surface area contributed by atoms with E-state index in [2.05, 4.69) is 0 Å². The highest BCUT2D eigenvalue weighted by Gasteiger charge is 2.34. The summed E-state index contributed by atoms with van der Waals surface area (Å²) < 4.78 is 50.3. The molecule has 1 aromatic rings. The van der Waals surface area contributed by atoms with Crippen LogP contribution in [0.4, 0.5) is 17.6 Å². The smallest absolute Gasteiger partial charge is 0.324 e. The van der Waals surface area contributed by atoms with Gasteiger partial charge in [0, 0.05) is 6.04 Å². The van der Waals surface area contributed by atoms with Crippen molar-refractivity contribution in [3.63, 3.8) is 0 Å². The summed E-state index contributed by atoms with van der Waals surface area (Å²) in [5.41, 5.74) is 5.01. The van der Waals surface area contributed by atoms with Gasteiger partial charge in [0.25, 0.3) is 0 Å². The molecule has 1 aliphatic carbocycles. The molecule has 1 aromatic carbocycles. The van der Waals surface area contributed by atoms with Gasteiger partial charge >= 0.3 is 6.18 Å². The molecular formula is C12H14ClF4N. The number of hydrogen-bond donors (Lipinski definition) is 1. The van der Waals surface area contributed by atoms with Crippen molar-refractivity contribution in [2.24, 2.45) is 11.7 Å². The first-order valence-electron chi connectivity index (χ1n) is 5.50. The predicted octanol–water partition coefficient (Wildman–Crippen LogP) is 4.07. The maximum atomic E-state index is 13.3. The molecule has 102 valence electrons. The van der Waals surface area contributed by atoms with Gasteiger partial charge < -0.3 is 5.73 Å². The fourth-order valence-electron chi connectivity index (χ4n) is 1.84. The van der Waals surface area contributed by atoms with Crippen LogP contribution in [0.5, 0.6) is 0 Å². The average molecular weight is 284 g/mol. The molecule has 0 spiro atoms. The second kappa shape index (κ2) is 5.45. The molecule has 0 radical (unpaired) electrons. The molecular weight excluding hydrogens is 270 g/mol. The second-order valence-corrected chi connectivity index (χ2v) is 4.52. The number of hydrogen-bond acceptors (Lipinski definition) is 1. The third-order valence-corrected chi connectivity index (χ3v) is 3.01. The molecule has 6 heteroatoms. The van der Waals surface area contributed by atoms with Crippen LogP contribution in [0.2, 0.25) is 0 Å². The summed E-state index contributed by atoms with van der Waals surface area (Å²) in [6, 6.07) is 2.55. The summed E-state index contributed by atoms with van der Waals surface area (Å²) in [6.45, 7) is 0. The second-order valence-electron chi connectivity index (χ2n) is 4.52. The molecule has 1 nitrogen and oxygen atoms in total. The largest absolute Gasteiger partial charge is 0.419 e. The Hall–Kier alpha value is -0.810. The van der Waals surface area contributed by atoms with E-state index in [0.29, 0.717) is 17.9 Å². The van der Waals surface area contributed by atoms with Crippen molar-refractivity contribution >= 4 is 12.4 Å². The van der Waals surface area contributed by atoms with E-state index in [9.17, 15) is 17.6 Å². The van der Waals surface area contributed by atoms with E-state index < -0.39 is 17.6 Å². The van der Waals surface area contributed by atoms with Crippen LogP contribution >= 0.6 is 12.4 Å². The summed E-state index contributed by atoms with van der Waals surface area (Å²) in [5.74, 6) is -0.698. The maximum Gasteiger partial charge on any atom is 0.419 e. The third kappa shape index (κ3) is 3.59. The molecule has 2 rings (SSSR count). The van der Waals surface area contributed by atoms with Crippen molar-refractivity contribution in [1.29, 1.82) is 0 Å². The van der Waals surface area contributed by atoms with Gasteiger partial charge in [0.1, 0.15) is 5.82 Å². The molecule has 0 amide bonds. The van der Waals surface area contributed by atoms with E-state index in [1.54, 1.807) is 0 Å². The standard InChI is InChI=1S/C12H13F4N.ClH/c13-10-6-8(11(17)5-7-1-2-7)3-4-9(10)12(14,15)16;/h3-4,6-7,11H,1-2,5,17H2;1H/t11-;/m1./s1. The highest BCUT2D eigenvalue weighted by molar-refractivity contribution is 5.85. The normalized spacial score (nSPS) is 17.2. The zero-order valence-corrected chi connectivity index (χ0v) is 10.3. The maximum absolute atomic E-state index is 13.3. The minimum atomic E-state index is -4.65. The number of rotatable bonds is 3. The number of benzene rings is 1. The van der Waals surface area contributed by atoms with Crippen molar-refractivity contribution in [3.8, 4) is 0 Å². The molecule has 18 heavy (non-hydrogen) atoms. The Morgan fingerprint density at radius 2 is 1.89 bits per heavy atom. The molecule has 1 atom stereocenters. The third-order valence-electron chi connectivity index (χ3n) is 3.01. The first kappa shape index (κ1) is 15.2. The zero-order chi connectivity index (χ0) is 12.6. The summed E-state index contributed by atoms with van der Waals surface area (Å²) in [6.07, 6.45) is -1.72. The number of alkyl halides is 3. The highest BCUT2D eigenvalue weighted by Crippen LogP contribution is 2.38. The molecule has 0 saturated heterocycles. The van der Waals surface area contributed by atoms with Gasteiger partial charge in [0.15, 0.2) is 0 Å². The minimum Gasteiger partial charge on any atom is -0.324 e. The van der Waals surface area contributed by atoms with Crippen LogP contribution in [0.25, 0.3) is 0 Å². The number of halogens is 5. The number of nitrogens with two attached hydrogens (primary N) is 1. The highest BCUT2D eigenvalue weighted by atomic mass is 35.5. The Morgan fingerprint density at radius 3 is 2.33 bits per heavy atom. The van der Waals surface area contributed by atoms with E-state index in [1.165, 1.54) is 6.07 Å². The quantitative estimate of drug-likeness (QED) is 0.832. The van der Waals surface area contributed by atoms with Gasteiger partial charge in [0.2, 0.25) is 0 Å². The predicted molar refractivity (Wildman–Crippen MR) is 62.9 cm³/mol.